The monoisotopic (exact) mass is 382 g/mol. The van der Waals surface area contributed by atoms with Gasteiger partial charge in [-0.25, -0.2) is 4.79 Å². The molecular formula is C21H19ClN2O3. The molecule has 0 saturated heterocycles. The molecule has 138 valence electrons. The Hall–Kier alpha value is -3.05. The number of ether oxygens (including phenoxy) is 1. The standard InChI is InChI=1S/C21H19ClN2O3/c1-27-21(26)18-8-7-17(22)13-19(18)23-20(25)12-15-5-4-6-16(11-15)14-24-9-2-3-10-24/h2-11,13H,12,14H2,1H3,(H,23,25). The van der Waals surface area contributed by atoms with Gasteiger partial charge in [0.25, 0.3) is 0 Å². The average molecular weight is 383 g/mol. The molecule has 0 aliphatic carbocycles. The van der Waals surface area contributed by atoms with Crippen molar-refractivity contribution in [1.29, 1.82) is 0 Å². The zero-order valence-electron chi connectivity index (χ0n) is 14.8. The Bertz CT molecular complexity index is 952. The average Bonchev–Trinajstić information content (AvgIpc) is 3.14. The minimum absolute atomic E-state index is 0.187. The van der Waals surface area contributed by atoms with Crippen molar-refractivity contribution in [3.05, 3.63) is 88.7 Å². The van der Waals surface area contributed by atoms with E-state index in [4.69, 9.17) is 16.3 Å². The van der Waals surface area contributed by atoms with Crippen LogP contribution in [0.15, 0.2) is 67.0 Å². The third-order valence-corrected chi connectivity index (χ3v) is 4.28. The second-order valence-corrected chi connectivity index (χ2v) is 6.52. The Morgan fingerprint density at radius 2 is 1.78 bits per heavy atom. The molecule has 3 rings (SSSR count). The lowest BCUT2D eigenvalue weighted by molar-refractivity contribution is -0.115. The first-order valence-corrected chi connectivity index (χ1v) is 8.79. The summed E-state index contributed by atoms with van der Waals surface area (Å²) in [6.45, 7) is 0.739. The van der Waals surface area contributed by atoms with Crippen LogP contribution >= 0.6 is 11.6 Å². The molecule has 0 aliphatic rings. The van der Waals surface area contributed by atoms with E-state index in [0.29, 0.717) is 10.7 Å². The number of benzene rings is 2. The Morgan fingerprint density at radius 1 is 1.04 bits per heavy atom. The molecule has 1 aromatic heterocycles. The maximum absolute atomic E-state index is 12.5. The first kappa shape index (κ1) is 18.7. The molecule has 27 heavy (non-hydrogen) atoms. The molecule has 6 heteroatoms. The van der Waals surface area contributed by atoms with Gasteiger partial charge in [0, 0.05) is 24.0 Å². The van der Waals surface area contributed by atoms with Gasteiger partial charge in [0.05, 0.1) is 24.8 Å². The Morgan fingerprint density at radius 3 is 2.52 bits per heavy atom. The number of methoxy groups -OCH3 is 1. The fourth-order valence-electron chi connectivity index (χ4n) is 2.81. The molecule has 2 aromatic carbocycles. The molecule has 1 N–H and O–H groups in total. The number of aromatic nitrogens is 1. The Kier molecular flexibility index (Phi) is 5.94. The predicted molar refractivity (Wildman–Crippen MR) is 105 cm³/mol. The van der Waals surface area contributed by atoms with Gasteiger partial charge in [-0.3, -0.25) is 4.79 Å². The van der Waals surface area contributed by atoms with Crippen LogP contribution in [-0.2, 0) is 22.5 Å². The predicted octanol–water partition coefficient (Wildman–Crippen LogP) is 4.16. The fraction of sp³-hybridized carbons (Fsp3) is 0.143. The summed E-state index contributed by atoms with van der Waals surface area (Å²) in [7, 11) is 1.29. The van der Waals surface area contributed by atoms with Gasteiger partial charge >= 0.3 is 5.97 Å². The molecular weight excluding hydrogens is 364 g/mol. The molecule has 0 atom stereocenters. The van der Waals surface area contributed by atoms with Gasteiger partial charge in [-0.1, -0.05) is 35.9 Å². The van der Waals surface area contributed by atoms with E-state index in [9.17, 15) is 9.59 Å². The highest BCUT2D eigenvalue weighted by Gasteiger charge is 2.15. The number of rotatable bonds is 6. The number of hydrogen-bond donors (Lipinski definition) is 1. The van der Waals surface area contributed by atoms with Crippen LogP contribution in [0.25, 0.3) is 0 Å². The molecule has 0 radical (unpaired) electrons. The molecule has 0 unspecified atom stereocenters. The number of carbonyl (C=O) groups is 2. The normalized spacial score (nSPS) is 10.4. The highest BCUT2D eigenvalue weighted by Crippen LogP contribution is 2.22. The van der Waals surface area contributed by atoms with Crippen LogP contribution in [-0.4, -0.2) is 23.6 Å². The van der Waals surface area contributed by atoms with Crippen LogP contribution in [0.4, 0.5) is 5.69 Å². The van der Waals surface area contributed by atoms with Crippen LogP contribution in [0, 0.1) is 0 Å². The van der Waals surface area contributed by atoms with Crippen molar-refractivity contribution in [2.45, 2.75) is 13.0 Å². The Balaban J connectivity index is 1.71. The van der Waals surface area contributed by atoms with Crippen molar-refractivity contribution in [3.8, 4) is 0 Å². The molecule has 3 aromatic rings. The molecule has 0 saturated carbocycles. The largest absolute Gasteiger partial charge is 0.465 e. The van der Waals surface area contributed by atoms with Crippen LogP contribution in [0.1, 0.15) is 21.5 Å². The second kappa shape index (κ2) is 8.56. The van der Waals surface area contributed by atoms with E-state index in [2.05, 4.69) is 9.88 Å². The molecule has 5 nitrogen and oxygen atoms in total. The molecule has 0 spiro atoms. The van der Waals surface area contributed by atoms with E-state index in [1.54, 1.807) is 6.07 Å². The number of esters is 1. The minimum Gasteiger partial charge on any atom is -0.465 e. The minimum atomic E-state index is -0.532. The van der Waals surface area contributed by atoms with E-state index in [-0.39, 0.29) is 17.9 Å². The zero-order chi connectivity index (χ0) is 19.2. The number of nitrogens with zero attached hydrogens (tertiary/aromatic N) is 1. The van der Waals surface area contributed by atoms with Crippen molar-refractivity contribution >= 4 is 29.2 Å². The number of hydrogen-bond acceptors (Lipinski definition) is 3. The van der Waals surface area contributed by atoms with Crippen molar-refractivity contribution in [3.63, 3.8) is 0 Å². The van der Waals surface area contributed by atoms with E-state index in [1.165, 1.54) is 19.2 Å². The highest BCUT2D eigenvalue weighted by atomic mass is 35.5. The quantitative estimate of drug-likeness (QED) is 0.651. The molecule has 0 fully saturated rings. The first-order chi connectivity index (χ1) is 13.0. The van der Waals surface area contributed by atoms with Gasteiger partial charge in [0.15, 0.2) is 0 Å². The first-order valence-electron chi connectivity index (χ1n) is 8.41. The number of halogens is 1. The molecule has 0 bridgehead atoms. The third kappa shape index (κ3) is 4.99. The molecule has 1 amide bonds. The number of nitrogens with one attached hydrogen (secondary N) is 1. The lowest BCUT2D eigenvalue weighted by atomic mass is 10.1. The van der Waals surface area contributed by atoms with Gasteiger partial charge < -0.3 is 14.6 Å². The summed E-state index contributed by atoms with van der Waals surface area (Å²) >= 11 is 5.99. The van der Waals surface area contributed by atoms with Crippen molar-refractivity contribution in [2.75, 3.05) is 12.4 Å². The summed E-state index contributed by atoms with van der Waals surface area (Å²) in [5, 5.41) is 3.17. The van der Waals surface area contributed by atoms with Crippen LogP contribution < -0.4 is 5.32 Å². The fourth-order valence-corrected chi connectivity index (χ4v) is 2.98. The topological polar surface area (TPSA) is 60.3 Å². The molecule has 0 aliphatic heterocycles. The van der Waals surface area contributed by atoms with Crippen molar-refractivity contribution in [1.82, 2.24) is 4.57 Å². The number of anilines is 1. The maximum atomic E-state index is 12.5. The lowest BCUT2D eigenvalue weighted by Gasteiger charge is -2.11. The van der Waals surface area contributed by atoms with Crippen LogP contribution in [0.2, 0.25) is 5.02 Å². The zero-order valence-corrected chi connectivity index (χ0v) is 15.6. The number of amides is 1. The summed E-state index contributed by atoms with van der Waals surface area (Å²) in [6, 6.07) is 16.4. The SMILES string of the molecule is COC(=O)c1ccc(Cl)cc1NC(=O)Cc1cccc(Cn2cccc2)c1. The van der Waals surface area contributed by atoms with Gasteiger partial charge in [-0.2, -0.15) is 0 Å². The van der Waals surface area contributed by atoms with E-state index >= 15 is 0 Å². The molecule has 1 heterocycles. The lowest BCUT2D eigenvalue weighted by Crippen LogP contribution is -2.17. The summed E-state index contributed by atoms with van der Waals surface area (Å²) in [6.07, 6.45) is 4.17. The van der Waals surface area contributed by atoms with Gasteiger partial charge in [0.1, 0.15) is 0 Å². The van der Waals surface area contributed by atoms with E-state index in [0.717, 1.165) is 17.7 Å². The maximum Gasteiger partial charge on any atom is 0.339 e. The van der Waals surface area contributed by atoms with E-state index < -0.39 is 5.97 Å². The smallest absolute Gasteiger partial charge is 0.339 e. The van der Waals surface area contributed by atoms with Gasteiger partial charge in [-0.05, 0) is 41.5 Å². The van der Waals surface area contributed by atoms with Crippen LogP contribution in [0.5, 0.6) is 0 Å². The summed E-state index contributed by atoms with van der Waals surface area (Å²) in [4.78, 5) is 24.3. The number of carbonyl (C=O) groups excluding carboxylic acids is 2. The summed E-state index contributed by atoms with van der Waals surface area (Å²) in [5.74, 6) is -0.767. The summed E-state index contributed by atoms with van der Waals surface area (Å²) in [5.41, 5.74) is 2.59. The van der Waals surface area contributed by atoms with Crippen molar-refractivity contribution < 1.29 is 14.3 Å². The summed E-state index contributed by atoms with van der Waals surface area (Å²) < 4.78 is 6.81. The van der Waals surface area contributed by atoms with Gasteiger partial charge in [0.2, 0.25) is 5.91 Å². The second-order valence-electron chi connectivity index (χ2n) is 6.08. The highest BCUT2D eigenvalue weighted by molar-refractivity contribution is 6.31. The Labute approximate surface area is 162 Å². The van der Waals surface area contributed by atoms with E-state index in [1.807, 2.05) is 48.8 Å². The third-order valence-electron chi connectivity index (χ3n) is 4.05. The van der Waals surface area contributed by atoms with Gasteiger partial charge in [-0.15, -0.1) is 0 Å². The van der Waals surface area contributed by atoms with Crippen LogP contribution in [0.3, 0.4) is 0 Å². The van der Waals surface area contributed by atoms with Crippen molar-refractivity contribution in [2.24, 2.45) is 0 Å².